The Hall–Kier alpha value is -0.680. The zero-order valence-electron chi connectivity index (χ0n) is 10.5. The second-order valence-corrected chi connectivity index (χ2v) is 6.01. The first-order chi connectivity index (χ1) is 8.20. The minimum absolute atomic E-state index is 0.0241. The summed E-state index contributed by atoms with van der Waals surface area (Å²) in [4.78, 5) is 7.00. The van der Waals surface area contributed by atoms with Crippen LogP contribution in [-0.2, 0) is 4.74 Å². The first-order valence-corrected chi connectivity index (χ1v) is 7.20. The molecule has 1 saturated carbocycles. The van der Waals surface area contributed by atoms with Crippen molar-refractivity contribution in [1.82, 2.24) is 9.36 Å². The molecule has 94 valence electrons. The highest BCUT2D eigenvalue weighted by Crippen LogP contribution is 2.40. The maximum absolute atomic E-state index is 5.85. The van der Waals surface area contributed by atoms with E-state index >= 15 is 0 Å². The Morgan fingerprint density at radius 1 is 1.53 bits per heavy atom. The van der Waals surface area contributed by atoms with E-state index < -0.39 is 0 Å². The van der Waals surface area contributed by atoms with Gasteiger partial charge in [-0.2, -0.15) is 4.37 Å². The van der Waals surface area contributed by atoms with Crippen molar-refractivity contribution in [1.29, 1.82) is 0 Å². The van der Waals surface area contributed by atoms with Crippen LogP contribution in [0.5, 0.6) is 0 Å². The van der Waals surface area contributed by atoms with Gasteiger partial charge in [-0.15, -0.1) is 0 Å². The van der Waals surface area contributed by atoms with E-state index in [1.807, 2.05) is 0 Å². The third-order valence-electron chi connectivity index (χ3n) is 3.73. The highest BCUT2D eigenvalue weighted by atomic mass is 32.1. The van der Waals surface area contributed by atoms with Crippen molar-refractivity contribution < 1.29 is 4.74 Å². The van der Waals surface area contributed by atoms with Crippen molar-refractivity contribution >= 4 is 16.7 Å². The number of ether oxygens (including phenoxy) is 1. The van der Waals surface area contributed by atoms with Crippen LogP contribution in [0.3, 0.4) is 0 Å². The molecule has 0 N–H and O–H groups in total. The molecule has 1 aliphatic heterocycles. The van der Waals surface area contributed by atoms with E-state index in [1.54, 1.807) is 11.5 Å². The first kappa shape index (κ1) is 11.4. The fraction of sp³-hybridized carbons (Fsp3) is 0.833. The number of hydrogen-bond acceptors (Lipinski definition) is 5. The molecular weight excluding hydrogens is 234 g/mol. The van der Waals surface area contributed by atoms with Gasteiger partial charge in [-0.25, -0.2) is 4.98 Å². The Morgan fingerprint density at radius 3 is 3.06 bits per heavy atom. The number of anilines is 1. The zero-order valence-corrected chi connectivity index (χ0v) is 11.3. The van der Waals surface area contributed by atoms with Crippen molar-refractivity contribution in [2.75, 3.05) is 24.6 Å². The maximum Gasteiger partial charge on any atom is 0.205 e. The Morgan fingerprint density at radius 2 is 2.35 bits per heavy atom. The van der Waals surface area contributed by atoms with Crippen molar-refractivity contribution in [3.8, 4) is 0 Å². The van der Waals surface area contributed by atoms with Gasteiger partial charge in [0.25, 0.3) is 0 Å². The van der Waals surface area contributed by atoms with Crippen LogP contribution in [-0.4, -0.2) is 34.7 Å². The molecule has 1 aromatic rings. The molecule has 1 saturated heterocycles. The van der Waals surface area contributed by atoms with E-state index in [-0.39, 0.29) is 5.60 Å². The zero-order chi connectivity index (χ0) is 11.9. The van der Waals surface area contributed by atoms with Gasteiger partial charge in [0.1, 0.15) is 5.82 Å². The lowest BCUT2D eigenvalue weighted by atomic mass is 10.0. The standard InChI is InChI=1S/C12H19N3OS/c1-3-12(2)8-15(6-7-16-12)11-13-10(14-17-11)9-4-5-9/h9H,3-8H2,1-2H3. The molecule has 17 heavy (non-hydrogen) atoms. The molecule has 0 aromatic carbocycles. The van der Waals surface area contributed by atoms with Crippen LogP contribution < -0.4 is 4.90 Å². The molecule has 2 fully saturated rings. The lowest BCUT2D eigenvalue weighted by Gasteiger charge is -2.39. The molecular formula is C12H19N3OS. The molecule has 2 aliphatic rings. The van der Waals surface area contributed by atoms with E-state index in [9.17, 15) is 0 Å². The van der Waals surface area contributed by atoms with Gasteiger partial charge in [0.15, 0.2) is 0 Å². The average Bonchev–Trinajstić information content (AvgIpc) is 3.07. The molecule has 1 aromatic heterocycles. The predicted octanol–water partition coefficient (Wildman–Crippen LogP) is 2.42. The molecule has 0 bridgehead atoms. The smallest absolute Gasteiger partial charge is 0.205 e. The molecule has 1 unspecified atom stereocenters. The number of aromatic nitrogens is 2. The van der Waals surface area contributed by atoms with Gasteiger partial charge < -0.3 is 9.64 Å². The van der Waals surface area contributed by atoms with Gasteiger partial charge in [0.2, 0.25) is 5.13 Å². The molecule has 2 heterocycles. The highest BCUT2D eigenvalue weighted by molar-refractivity contribution is 7.09. The lowest BCUT2D eigenvalue weighted by molar-refractivity contribution is -0.0441. The van der Waals surface area contributed by atoms with E-state index in [1.165, 1.54) is 12.8 Å². The molecule has 0 radical (unpaired) electrons. The number of nitrogens with zero attached hydrogens (tertiary/aromatic N) is 3. The van der Waals surface area contributed by atoms with E-state index in [0.29, 0.717) is 5.92 Å². The van der Waals surface area contributed by atoms with Crippen LogP contribution >= 0.6 is 11.5 Å². The molecule has 4 nitrogen and oxygen atoms in total. The van der Waals surface area contributed by atoms with Gasteiger partial charge in [-0.1, -0.05) is 6.92 Å². The predicted molar refractivity (Wildman–Crippen MR) is 68.7 cm³/mol. The van der Waals surface area contributed by atoms with Crippen molar-refractivity contribution in [3.05, 3.63) is 5.82 Å². The normalized spacial score (nSPS) is 29.6. The summed E-state index contributed by atoms with van der Waals surface area (Å²) in [5, 5.41) is 1.08. The molecule has 1 atom stereocenters. The van der Waals surface area contributed by atoms with Crippen molar-refractivity contribution in [3.63, 3.8) is 0 Å². The Labute approximate surface area is 106 Å². The summed E-state index contributed by atoms with van der Waals surface area (Å²) < 4.78 is 10.3. The summed E-state index contributed by atoms with van der Waals surface area (Å²) in [5.74, 6) is 1.72. The van der Waals surface area contributed by atoms with E-state index in [2.05, 4.69) is 28.1 Å². The number of morpholine rings is 1. The first-order valence-electron chi connectivity index (χ1n) is 6.43. The third-order valence-corrected chi connectivity index (χ3v) is 4.52. The van der Waals surface area contributed by atoms with Crippen LogP contribution in [0.15, 0.2) is 0 Å². The maximum atomic E-state index is 5.85. The highest BCUT2D eigenvalue weighted by Gasteiger charge is 2.33. The molecule has 1 aliphatic carbocycles. The van der Waals surface area contributed by atoms with Crippen molar-refractivity contribution in [2.45, 2.75) is 44.6 Å². The average molecular weight is 253 g/mol. The van der Waals surface area contributed by atoms with Crippen LogP contribution in [0.4, 0.5) is 5.13 Å². The van der Waals surface area contributed by atoms with Gasteiger partial charge in [0.05, 0.1) is 12.2 Å². The summed E-state index contributed by atoms with van der Waals surface area (Å²) in [6, 6.07) is 0. The Bertz CT molecular complexity index is 404. The minimum atomic E-state index is -0.0241. The monoisotopic (exact) mass is 253 g/mol. The third kappa shape index (κ3) is 2.31. The Balaban J connectivity index is 1.73. The summed E-state index contributed by atoms with van der Waals surface area (Å²) in [6.45, 7) is 7.03. The number of rotatable bonds is 3. The summed E-state index contributed by atoms with van der Waals surface area (Å²) in [6.07, 6.45) is 3.58. The fourth-order valence-corrected chi connectivity index (χ4v) is 2.94. The molecule has 3 rings (SSSR count). The second-order valence-electron chi connectivity index (χ2n) is 5.28. The SMILES string of the molecule is CCC1(C)CN(c2nc(C3CC3)ns2)CCO1. The summed E-state index contributed by atoms with van der Waals surface area (Å²) in [7, 11) is 0. The van der Waals surface area contributed by atoms with Crippen LogP contribution in [0.25, 0.3) is 0 Å². The van der Waals surface area contributed by atoms with Gasteiger partial charge in [-0.3, -0.25) is 0 Å². The van der Waals surface area contributed by atoms with Crippen LogP contribution in [0, 0.1) is 0 Å². The summed E-state index contributed by atoms with van der Waals surface area (Å²) in [5.41, 5.74) is -0.0241. The number of hydrogen-bond donors (Lipinski definition) is 0. The quantitative estimate of drug-likeness (QED) is 0.829. The van der Waals surface area contributed by atoms with Gasteiger partial charge in [-0.05, 0) is 26.2 Å². The minimum Gasteiger partial charge on any atom is -0.372 e. The van der Waals surface area contributed by atoms with Crippen LogP contribution in [0.2, 0.25) is 0 Å². The lowest BCUT2D eigenvalue weighted by Crippen LogP contribution is -2.49. The summed E-state index contributed by atoms with van der Waals surface area (Å²) >= 11 is 1.54. The van der Waals surface area contributed by atoms with Crippen molar-refractivity contribution in [2.24, 2.45) is 0 Å². The van der Waals surface area contributed by atoms with Crippen LogP contribution in [0.1, 0.15) is 44.9 Å². The largest absolute Gasteiger partial charge is 0.372 e. The van der Waals surface area contributed by atoms with Gasteiger partial charge in [0, 0.05) is 30.5 Å². The topological polar surface area (TPSA) is 38.2 Å². The van der Waals surface area contributed by atoms with E-state index in [0.717, 1.165) is 37.1 Å². The molecule has 5 heteroatoms. The molecule has 0 spiro atoms. The van der Waals surface area contributed by atoms with E-state index in [4.69, 9.17) is 4.74 Å². The Kier molecular flexibility index (Phi) is 2.83. The molecule has 0 amide bonds. The second kappa shape index (κ2) is 4.21. The fourth-order valence-electron chi connectivity index (χ4n) is 2.17. The van der Waals surface area contributed by atoms with Gasteiger partial charge >= 0.3 is 0 Å².